The van der Waals surface area contributed by atoms with Crippen LogP contribution in [0.2, 0.25) is 0 Å². The van der Waals surface area contributed by atoms with Crippen LogP contribution in [-0.4, -0.2) is 18.6 Å². The smallest absolute Gasteiger partial charge is 0.257 e. The third-order valence-electron chi connectivity index (χ3n) is 1.93. The molecule has 1 rings (SSSR count). The summed E-state index contributed by atoms with van der Waals surface area (Å²) in [5.74, 6) is -0.0295. The summed E-state index contributed by atoms with van der Waals surface area (Å²) in [7, 11) is 1.33. The Morgan fingerprint density at radius 2 is 2.00 bits per heavy atom. The highest BCUT2D eigenvalue weighted by atomic mass is 79.9. The molecule has 0 aromatic heterocycles. The van der Waals surface area contributed by atoms with Gasteiger partial charge in [-0.05, 0) is 33.6 Å². The molecule has 0 aliphatic rings. The number of phenols is 1. The molecule has 1 aromatic rings. The number of hydrogen-bond acceptors (Lipinski definition) is 3. The van der Waals surface area contributed by atoms with E-state index in [9.17, 15) is 13.9 Å². The number of nitrogens with two attached hydrogens (primary N) is 1. The van der Waals surface area contributed by atoms with Crippen molar-refractivity contribution >= 4 is 28.3 Å². The topological polar surface area (TPSA) is 55.5 Å². The zero-order valence-electron chi connectivity index (χ0n) is 8.28. The summed E-state index contributed by atoms with van der Waals surface area (Å²) in [6, 6.07) is 1.24. The first kappa shape index (κ1) is 15.4. The van der Waals surface area contributed by atoms with Crippen LogP contribution in [0.1, 0.15) is 11.6 Å². The number of rotatable bonds is 3. The van der Waals surface area contributed by atoms with Crippen LogP contribution in [0.25, 0.3) is 0 Å². The predicted octanol–water partition coefficient (Wildman–Crippen LogP) is 2.85. The van der Waals surface area contributed by atoms with E-state index in [1.165, 1.54) is 19.2 Å². The fourth-order valence-electron chi connectivity index (χ4n) is 1.09. The van der Waals surface area contributed by atoms with E-state index < -0.39 is 12.5 Å². The molecule has 1 aromatic carbocycles. The van der Waals surface area contributed by atoms with Crippen molar-refractivity contribution in [2.75, 3.05) is 7.11 Å². The molecule has 0 aliphatic heterocycles. The van der Waals surface area contributed by atoms with E-state index in [0.717, 1.165) is 0 Å². The number of hydrogen-bond donors (Lipinski definition) is 2. The highest BCUT2D eigenvalue weighted by Crippen LogP contribution is 2.37. The number of halogens is 4. The number of benzene rings is 1. The molecule has 0 unspecified atom stereocenters. The van der Waals surface area contributed by atoms with Gasteiger partial charge in [-0.2, -0.15) is 0 Å². The van der Waals surface area contributed by atoms with Crippen LogP contribution >= 0.6 is 28.3 Å². The van der Waals surface area contributed by atoms with Crippen molar-refractivity contribution < 1.29 is 18.6 Å². The fraction of sp³-hybridized carbons (Fsp3) is 0.333. The minimum atomic E-state index is -2.66. The Morgan fingerprint density at radius 1 is 1.44 bits per heavy atom. The van der Waals surface area contributed by atoms with Gasteiger partial charge < -0.3 is 15.6 Å². The minimum Gasteiger partial charge on any atom is -0.503 e. The molecular weight excluding hydrogens is 307 g/mol. The van der Waals surface area contributed by atoms with Gasteiger partial charge in [0.15, 0.2) is 11.5 Å². The van der Waals surface area contributed by atoms with Crippen LogP contribution in [-0.2, 0) is 0 Å². The Hall–Kier alpha value is -0.590. The number of methoxy groups -OCH3 is 1. The van der Waals surface area contributed by atoms with Gasteiger partial charge in [0.25, 0.3) is 6.43 Å². The van der Waals surface area contributed by atoms with Crippen molar-refractivity contribution in [2.24, 2.45) is 5.73 Å². The van der Waals surface area contributed by atoms with Gasteiger partial charge in [0.2, 0.25) is 0 Å². The third-order valence-corrected chi connectivity index (χ3v) is 2.53. The molecule has 3 N–H and O–H groups in total. The molecule has 16 heavy (non-hydrogen) atoms. The van der Waals surface area contributed by atoms with Gasteiger partial charge in [0.05, 0.1) is 17.6 Å². The predicted molar refractivity (Wildman–Crippen MR) is 62.5 cm³/mol. The van der Waals surface area contributed by atoms with Crippen LogP contribution in [0.5, 0.6) is 11.5 Å². The molecule has 0 saturated carbocycles. The molecule has 0 aliphatic carbocycles. The molecule has 0 heterocycles. The van der Waals surface area contributed by atoms with Gasteiger partial charge in [0.1, 0.15) is 0 Å². The average Bonchev–Trinajstić information content (AvgIpc) is 2.20. The van der Waals surface area contributed by atoms with Crippen LogP contribution in [0.4, 0.5) is 8.78 Å². The summed E-state index contributed by atoms with van der Waals surface area (Å²) in [6.45, 7) is 0. The Bertz CT molecular complexity index is 366. The summed E-state index contributed by atoms with van der Waals surface area (Å²) in [6.07, 6.45) is -2.66. The van der Waals surface area contributed by atoms with E-state index >= 15 is 0 Å². The highest BCUT2D eigenvalue weighted by molar-refractivity contribution is 9.10. The van der Waals surface area contributed by atoms with Crippen molar-refractivity contribution in [2.45, 2.75) is 12.5 Å². The summed E-state index contributed by atoms with van der Waals surface area (Å²) >= 11 is 3.02. The van der Waals surface area contributed by atoms with Crippen molar-refractivity contribution in [1.82, 2.24) is 0 Å². The molecule has 0 spiro atoms. The standard InChI is InChI=1S/C9H10BrF2NO2.ClH/c1-15-6-3-4(7(13)9(11)12)2-5(10)8(6)14;/h2-3,7,9,14H,13H2,1H3;1H/t7-;/m1./s1. The lowest BCUT2D eigenvalue weighted by atomic mass is 10.1. The SMILES string of the molecule is COc1cc([C@@H](N)C(F)F)cc(Br)c1O.Cl. The second-order valence-corrected chi connectivity index (χ2v) is 3.77. The Kier molecular flexibility index (Phi) is 5.99. The number of phenolic OH excluding ortho intramolecular Hbond substituents is 1. The van der Waals surface area contributed by atoms with Crippen LogP contribution in [0.3, 0.4) is 0 Å². The maximum Gasteiger partial charge on any atom is 0.257 e. The first-order valence-electron chi connectivity index (χ1n) is 4.07. The second kappa shape index (κ2) is 6.22. The van der Waals surface area contributed by atoms with Crippen LogP contribution in [0, 0.1) is 0 Å². The molecule has 0 amide bonds. The van der Waals surface area contributed by atoms with Crippen molar-refractivity contribution in [3.63, 3.8) is 0 Å². The van der Waals surface area contributed by atoms with E-state index in [1.54, 1.807) is 0 Å². The molecular formula is C9H11BrClF2NO2. The van der Waals surface area contributed by atoms with E-state index in [1.807, 2.05) is 0 Å². The average molecular weight is 319 g/mol. The maximum absolute atomic E-state index is 12.3. The van der Waals surface area contributed by atoms with Gasteiger partial charge in [0, 0.05) is 0 Å². The molecule has 0 radical (unpaired) electrons. The van der Waals surface area contributed by atoms with Gasteiger partial charge in [-0.1, -0.05) is 0 Å². The summed E-state index contributed by atoms with van der Waals surface area (Å²) in [5, 5.41) is 9.44. The van der Waals surface area contributed by atoms with Crippen molar-refractivity contribution in [3.05, 3.63) is 22.2 Å². The molecule has 92 valence electrons. The lowest BCUT2D eigenvalue weighted by Crippen LogP contribution is -2.18. The Morgan fingerprint density at radius 3 is 2.44 bits per heavy atom. The maximum atomic E-state index is 12.3. The zero-order valence-corrected chi connectivity index (χ0v) is 10.7. The molecule has 0 fully saturated rings. The third kappa shape index (κ3) is 3.20. The molecule has 0 saturated heterocycles. The molecule has 7 heteroatoms. The molecule has 3 nitrogen and oxygen atoms in total. The number of aromatic hydroxyl groups is 1. The first-order chi connectivity index (χ1) is 6.97. The van der Waals surface area contributed by atoms with Gasteiger partial charge in [-0.25, -0.2) is 8.78 Å². The lowest BCUT2D eigenvalue weighted by molar-refractivity contribution is 0.116. The zero-order chi connectivity index (χ0) is 11.6. The quantitative estimate of drug-likeness (QED) is 0.901. The summed E-state index contributed by atoms with van der Waals surface area (Å²) in [5.41, 5.74) is 5.47. The number of ether oxygens (including phenoxy) is 1. The van der Waals surface area contributed by atoms with E-state index in [0.29, 0.717) is 0 Å². The van der Waals surface area contributed by atoms with E-state index in [4.69, 9.17) is 10.5 Å². The van der Waals surface area contributed by atoms with Gasteiger partial charge in [-0.3, -0.25) is 0 Å². The first-order valence-corrected chi connectivity index (χ1v) is 4.86. The summed E-state index contributed by atoms with van der Waals surface area (Å²) in [4.78, 5) is 0. The van der Waals surface area contributed by atoms with Crippen molar-refractivity contribution in [1.29, 1.82) is 0 Å². The Labute approximate surface area is 106 Å². The molecule has 0 bridgehead atoms. The minimum absolute atomic E-state index is 0. The van der Waals surface area contributed by atoms with Gasteiger partial charge >= 0.3 is 0 Å². The largest absolute Gasteiger partial charge is 0.503 e. The monoisotopic (exact) mass is 317 g/mol. The van der Waals surface area contributed by atoms with Crippen LogP contribution < -0.4 is 10.5 Å². The van der Waals surface area contributed by atoms with Gasteiger partial charge in [-0.15, -0.1) is 12.4 Å². The summed E-state index contributed by atoms with van der Waals surface area (Å²) < 4.78 is 29.8. The lowest BCUT2D eigenvalue weighted by Gasteiger charge is -2.13. The Balaban J connectivity index is 0.00000225. The normalized spacial score (nSPS) is 12.1. The second-order valence-electron chi connectivity index (χ2n) is 2.91. The number of alkyl halides is 2. The van der Waals surface area contributed by atoms with Crippen LogP contribution in [0.15, 0.2) is 16.6 Å². The fourth-order valence-corrected chi connectivity index (χ4v) is 1.55. The van der Waals surface area contributed by atoms with E-state index in [-0.39, 0.29) is 33.9 Å². The molecule has 1 atom stereocenters. The highest BCUT2D eigenvalue weighted by Gasteiger charge is 2.20. The van der Waals surface area contributed by atoms with E-state index in [2.05, 4.69) is 15.9 Å². The van der Waals surface area contributed by atoms with Crippen molar-refractivity contribution in [3.8, 4) is 11.5 Å².